The lowest BCUT2D eigenvalue weighted by atomic mass is 10.2. The number of hydrogen-bond acceptors (Lipinski definition) is 6. The molecule has 1 unspecified atom stereocenters. The molecule has 0 spiro atoms. The van der Waals surface area contributed by atoms with Crippen LogP contribution in [0.2, 0.25) is 0 Å². The summed E-state index contributed by atoms with van der Waals surface area (Å²) in [5, 5.41) is 19.8. The maximum Gasteiger partial charge on any atom is 0.173 e. The molecular formula is C10H15N5OS. The minimum absolute atomic E-state index is 0.0697. The van der Waals surface area contributed by atoms with Crippen LogP contribution in [0.4, 0.5) is 5.82 Å². The molecule has 0 amide bonds. The minimum atomic E-state index is 0.0697. The van der Waals surface area contributed by atoms with Gasteiger partial charge in [0.15, 0.2) is 11.7 Å². The Hall–Kier alpha value is -1.50. The predicted octanol–water partition coefficient (Wildman–Crippen LogP) is 0.513. The van der Waals surface area contributed by atoms with Gasteiger partial charge in [0.1, 0.15) is 0 Å². The van der Waals surface area contributed by atoms with Crippen molar-refractivity contribution in [3.05, 3.63) is 17.8 Å². The fraction of sp³-hybridized carbons (Fsp3) is 0.500. The van der Waals surface area contributed by atoms with E-state index in [1.165, 1.54) is 0 Å². The van der Waals surface area contributed by atoms with Gasteiger partial charge < -0.3 is 15.8 Å². The summed E-state index contributed by atoms with van der Waals surface area (Å²) >= 11 is 1.92. The van der Waals surface area contributed by atoms with Gasteiger partial charge >= 0.3 is 0 Å². The van der Waals surface area contributed by atoms with Crippen LogP contribution in [0.25, 0.3) is 0 Å². The molecule has 0 radical (unpaired) electrons. The highest BCUT2D eigenvalue weighted by molar-refractivity contribution is 7.99. The largest absolute Gasteiger partial charge is 0.409 e. The number of nitrogens with zero attached hydrogens (tertiary/aromatic N) is 4. The second-order valence-electron chi connectivity index (χ2n) is 3.87. The normalized spacial score (nSPS) is 21.6. The van der Waals surface area contributed by atoms with E-state index in [9.17, 15) is 0 Å². The Labute approximate surface area is 104 Å². The molecule has 0 bridgehead atoms. The summed E-state index contributed by atoms with van der Waals surface area (Å²) in [6.45, 7) is 3.03. The molecule has 0 aliphatic carbocycles. The van der Waals surface area contributed by atoms with Crippen molar-refractivity contribution >= 4 is 23.4 Å². The zero-order chi connectivity index (χ0) is 12.3. The molecule has 7 heteroatoms. The van der Waals surface area contributed by atoms with Crippen LogP contribution in [0, 0.1) is 0 Å². The molecule has 1 aromatic heterocycles. The van der Waals surface area contributed by atoms with Crippen molar-refractivity contribution in [2.45, 2.75) is 13.0 Å². The van der Waals surface area contributed by atoms with Crippen LogP contribution in [-0.4, -0.2) is 45.3 Å². The third kappa shape index (κ3) is 2.44. The van der Waals surface area contributed by atoms with Crippen molar-refractivity contribution in [1.82, 2.24) is 10.2 Å². The molecule has 6 nitrogen and oxygen atoms in total. The predicted molar refractivity (Wildman–Crippen MR) is 68.7 cm³/mol. The van der Waals surface area contributed by atoms with Crippen molar-refractivity contribution in [2.24, 2.45) is 10.9 Å². The monoisotopic (exact) mass is 253 g/mol. The highest BCUT2D eigenvalue weighted by Crippen LogP contribution is 2.24. The van der Waals surface area contributed by atoms with Crippen LogP contribution >= 0.6 is 11.8 Å². The highest BCUT2D eigenvalue weighted by Gasteiger charge is 2.23. The average Bonchev–Trinajstić information content (AvgIpc) is 2.38. The standard InChI is InChI=1S/C10H15N5OS/c1-7-6-17-5-4-15(7)10-8(9(11)14-16)2-3-12-13-10/h2-3,7,16H,4-6H2,1H3,(H2,11,14). The van der Waals surface area contributed by atoms with Crippen LogP contribution in [0.1, 0.15) is 12.5 Å². The number of oxime groups is 1. The van der Waals surface area contributed by atoms with E-state index in [1.54, 1.807) is 12.3 Å². The SMILES string of the molecule is CC1CSCCN1c1nnccc1/C(N)=N/O. The summed E-state index contributed by atoms with van der Waals surface area (Å²) in [5.41, 5.74) is 6.27. The van der Waals surface area contributed by atoms with E-state index in [-0.39, 0.29) is 5.84 Å². The van der Waals surface area contributed by atoms with Crippen molar-refractivity contribution < 1.29 is 5.21 Å². The average molecular weight is 253 g/mol. The van der Waals surface area contributed by atoms with Gasteiger partial charge in [-0.2, -0.15) is 16.9 Å². The van der Waals surface area contributed by atoms with Crippen LogP contribution in [-0.2, 0) is 0 Å². The zero-order valence-corrected chi connectivity index (χ0v) is 10.4. The molecule has 3 N–H and O–H groups in total. The Morgan fingerprint density at radius 1 is 1.71 bits per heavy atom. The summed E-state index contributed by atoms with van der Waals surface area (Å²) in [4.78, 5) is 2.15. The quantitative estimate of drug-likeness (QED) is 0.346. The molecule has 2 rings (SSSR count). The first-order valence-electron chi connectivity index (χ1n) is 5.38. The Balaban J connectivity index is 2.37. The number of thioether (sulfide) groups is 1. The summed E-state index contributed by atoms with van der Waals surface area (Å²) in [6, 6.07) is 2.09. The Morgan fingerprint density at radius 3 is 3.24 bits per heavy atom. The second kappa shape index (κ2) is 5.22. The third-order valence-electron chi connectivity index (χ3n) is 2.72. The van der Waals surface area contributed by atoms with E-state index in [2.05, 4.69) is 27.2 Å². The lowest BCUT2D eigenvalue weighted by molar-refractivity contribution is 0.318. The number of aromatic nitrogens is 2. The van der Waals surface area contributed by atoms with Gasteiger partial charge in [0, 0.05) is 24.1 Å². The molecular weight excluding hydrogens is 238 g/mol. The van der Waals surface area contributed by atoms with Gasteiger partial charge in [-0.15, -0.1) is 5.10 Å². The topological polar surface area (TPSA) is 87.6 Å². The molecule has 1 saturated heterocycles. The molecule has 2 heterocycles. The van der Waals surface area contributed by atoms with E-state index in [0.717, 1.165) is 18.1 Å². The summed E-state index contributed by atoms with van der Waals surface area (Å²) in [6.07, 6.45) is 1.54. The van der Waals surface area contributed by atoms with Crippen molar-refractivity contribution in [3.63, 3.8) is 0 Å². The van der Waals surface area contributed by atoms with Gasteiger partial charge in [-0.3, -0.25) is 0 Å². The summed E-state index contributed by atoms with van der Waals surface area (Å²) < 4.78 is 0. The summed E-state index contributed by atoms with van der Waals surface area (Å²) in [5.74, 6) is 2.86. The van der Waals surface area contributed by atoms with Crippen LogP contribution in [0.5, 0.6) is 0 Å². The van der Waals surface area contributed by atoms with Gasteiger partial charge in [0.05, 0.1) is 11.8 Å². The first-order valence-corrected chi connectivity index (χ1v) is 6.53. The van der Waals surface area contributed by atoms with Gasteiger partial charge in [-0.1, -0.05) is 5.16 Å². The number of nitrogens with two attached hydrogens (primary N) is 1. The van der Waals surface area contributed by atoms with E-state index >= 15 is 0 Å². The molecule has 0 saturated carbocycles. The number of rotatable bonds is 2. The van der Waals surface area contributed by atoms with Crippen molar-refractivity contribution in [1.29, 1.82) is 0 Å². The minimum Gasteiger partial charge on any atom is -0.409 e. The lowest BCUT2D eigenvalue weighted by Crippen LogP contribution is -2.42. The Bertz CT molecular complexity index is 425. The Morgan fingerprint density at radius 2 is 2.53 bits per heavy atom. The Kier molecular flexibility index (Phi) is 3.68. The first-order chi connectivity index (χ1) is 8.24. The summed E-state index contributed by atoms with van der Waals surface area (Å²) in [7, 11) is 0. The number of anilines is 1. The van der Waals surface area contributed by atoms with Gasteiger partial charge in [0.2, 0.25) is 0 Å². The zero-order valence-electron chi connectivity index (χ0n) is 9.58. The fourth-order valence-corrected chi connectivity index (χ4v) is 2.85. The third-order valence-corrected chi connectivity index (χ3v) is 3.91. The van der Waals surface area contributed by atoms with Crippen molar-refractivity contribution in [2.75, 3.05) is 23.0 Å². The van der Waals surface area contributed by atoms with E-state index in [1.807, 2.05) is 11.8 Å². The highest BCUT2D eigenvalue weighted by atomic mass is 32.2. The number of hydrogen-bond donors (Lipinski definition) is 2. The van der Waals surface area contributed by atoms with Crippen LogP contribution in [0.3, 0.4) is 0 Å². The van der Waals surface area contributed by atoms with E-state index in [4.69, 9.17) is 10.9 Å². The molecule has 0 aromatic carbocycles. The molecule has 1 aliphatic rings. The molecule has 1 fully saturated rings. The molecule has 1 aromatic rings. The molecule has 1 aliphatic heterocycles. The van der Waals surface area contributed by atoms with Gasteiger partial charge in [-0.05, 0) is 13.0 Å². The fourth-order valence-electron chi connectivity index (χ4n) is 1.83. The van der Waals surface area contributed by atoms with Crippen molar-refractivity contribution in [3.8, 4) is 0 Å². The van der Waals surface area contributed by atoms with E-state index in [0.29, 0.717) is 17.4 Å². The maximum atomic E-state index is 8.77. The second-order valence-corrected chi connectivity index (χ2v) is 5.02. The van der Waals surface area contributed by atoms with Gasteiger partial charge in [0.25, 0.3) is 0 Å². The molecule has 17 heavy (non-hydrogen) atoms. The number of amidine groups is 1. The first kappa shape index (κ1) is 12.0. The smallest absolute Gasteiger partial charge is 0.173 e. The van der Waals surface area contributed by atoms with Crippen LogP contribution in [0.15, 0.2) is 17.4 Å². The molecule has 92 valence electrons. The molecule has 1 atom stereocenters. The van der Waals surface area contributed by atoms with Crippen LogP contribution < -0.4 is 10.6 Å². The van der Waals surface area contributed by atoms with E-state index < -0.39 is 0 Å². The van der Waals surface area contributed by atoms with Gasteiger partial charge in [-0.25, -0.2) is 0 Å². The maximum absolute atomic E-state index is 8.77. The lowest BCUT2D eigenvalue weighted by Gasteiger charge is -2.34.